The van der Waals surface area contributed by atoms with E-state index in [0.29, 0.717) is 16.7 Å². The van der Waals surface area contributed by atoms with Gasteiger partial charge in [0.25, 0.3) is 0 Å². The van der Waals surface area contributed by atoms with Crippen LogP contribution in [0.2, 0.25) is 0 Å². The largest absolute Gasteiger partial charge is 0.494 e. The third-order valence-electron chi connectivity index (χ3n) is 6.40. The van der Waals surface area contributed by atoms with Gasteiger partial charge in [0.2, 0.25) is 5.43 Å². The van der Waals surface area contributed by atoms with Gasteiger partial charge in [-0.05, 0) is 73.2 Å². The summed E-state index contributed by atoms with van der Waals surface area (Å²) < 4.78 is 13.1. The molecule has 0 N–H and O–H groups in total. The molecule has 2 aromatic heterocycles. The summed E-state index contributed by atoms with van der Waals surface area (Å²) in [5.74, 6) is 0.0243. The zero-order valence-electron chi connectivity index (χ0n) is 18.5. The lowest BCUT2D eigenvalue weighted by atomic mass is 9.89. The van der Waals surface area contributed by atoms with Gasteiger partial charge < -0.3 is 14.0 Å². The molecule has 2 aliphatic rings. The summed E-state index contributed by atoms with van der Waals surface area (Å²) in [5, 5.41) is 6.53. The van der Waals surface area contributed by atoms with Gasteiger partial charge in [0.05, 0.1) is 30.7 Å². The number of ether oxygens (including phenoxy) is 2. The van der Waals surface area contributed by atoms with Gasteiger partial charge in [-0.3, -0.25) is 4.79 Å². The van der Waals surface area contributed by atoms with Crippen LogP contribution in [0, 0.1) is 0 Å². The number of pyridine rings is 1. The SMILES string of the molecule is CCOC(=O)c1cn(C2CC2)c2c(OC)c(-c3csc4c3CCCC4N=[N+]=[N-])ccc2c1=O. The molecule has 0 radical (unpaired) electrons. The van der Waals surface area contributed by atoms with Gasteiger partial charge in [0.1, 0.15) is 5.56 Å². The van der Waals surface area contributed by atoms with Crippen LogP contribution in [0.25, 0.3) is 32.5 Å². The number of carbonyl (C=O) groups is 1. The minimum Gasteiger partial charge on any atom is -0.494 e. The highest BCUT2D eigenvalue weighted by Gasteiger charge is 2.31. The van der Waals surface area contributed by atoms with Crippen molar-refractivity contribution in [1.29, 1.82) is 0 Å². The highest BCUT2D eigenvalue weighted by atomic mass is 32.1. The smallest absolute Gasteiger partial charge is 0.343 e. The molecule has 0 bridgehead atoms. The number of rotatable bonds is 6. The number of fused-ring (bicyclic) bond motifs is 2. The maximum atomic E-state index is 13.2. The number of benzene rings is 1. The lowest BCUT2D eigenvalue weighted by Crippen LogP contribution is -2.21. The number of aromatic nitrogens is 1. The number of esters is 1. The minimum absolute atomic E-state index is 0.0520. The van der Waals surface area contributed by atoms with E-state index in [2.05, 4.69) is 15.4 Å². The van der Waals surface area contributed by atoms with Gasteiger partial charge in [-0.1, -0.05) is 5.11 Å². The second kappa shape index (κ2) is 8.57. The third-order valence-corrected chi connectivity index (χ3v) is 7.53. The lowest BCUT2D eigenvalue weighted by Gasteiger charge is -2.21. The fourth-order valence-corrected chi connectivity index (χ4v) is 5.96. The molecule has 9 heteroatoms. The van der Waals surface area contributed by atoms with Gasteiger partial charge in [0.15, 0.2) is 5.75 Å². The van der Waals surface area contributed by atoms with Crippen LogP contribution in [0.3, 0.4) is 0 Å². The molecule has 0 amide bonds. The molecule has 1 aromatic carbocycles. The number of nitrogens with zero attached hydrogens (tertiary/aromatic N) is 4. The number of azide groups is 1. The van der Waals surface area contributed by atoms with Crippen LogP contribution in [0.5, 0.6) is 5.75 Å². The molecule has 1 atom stereocenters. The maximum absolute atomic E-state index is 13.2. The summed E-state index contributed by atoms with van der Waals surface area (Å²) in [6, 6.07) is 3.76. The highest BCUT2D eigenvalue weighted by Crippen LogP contribution is 2.47. The van der Waals surface area contributed by atoms with Gasteiger partial charge in [-0.2, -0.15) is 0 Å². The first-order valence-corrected chi connectivity index (χ1v) is 12.0. The number of hydrogen-bond donors (Lipinski definition) is 0. The van der Waals surface area contributed by atoms with Crippen molar-refractivity contribution in [3.8, 4) is 16.9 Å². The first-order valence-electron chi connectivity index (χ1n) is 11.2. The van der Waals surface area contributed by atoms with Crippen molar-refractivity contribution in [2.24, 2.45) is 5.11 Å². The predicted molar refractivity (Wildman–Crippen MR) is 127 cm³/mol. The van der Waals surface area contributed by atoms with Crippen molar-refractivity contribution in [1.82, 2.24) is 4.57 Å². The second-order valence-electron chi connectivity index (χ2n) is 8.38. The average Bonchev–Trinajstić information content (AvgIpc) is 3.57. The maximum Gasteiger partial charge on any atom is 0.343 e. The molecule has 5 rings (SSSR count). The summed E-state index contributed by atoms with van der Waals surface area (Å²) in [5.41, 5.74) is 12.5. The Morgan fingerprint density at radius 1 is 1.30 bits per heavy atom. The van der Waals surface area contributed by atoms with Gasteiger partial charge in [-0.25, -0.2) is 4.79 Å². The van der Waals surface area contributed by atoms with E-state index in [9.17, 15) is 9.59 Å². The molecule has 1 unspecified atom stereocenters. The van der Waals surface area contributed by atoms with Crippen LogP contribution < -0.4 is 10.2 Å². The van der Waals surface area contributed by atoms with Crippen molar-refractivity contribution in [3.05, 3.63) is 60.4 Å². The third kappa shape index (κ3) is 3.57. The summed E-state index contributed by atoms with van der Waals surface area (Å²) in [4.78, 5) is 29.8. The van der Waals surface area contributed by atoms with Crippen LogP contribution in [0.15, 0.2) is 33.6 Å². The van der Waals surface area contributed by atoms with E-state index < -0.39 is 5.97 Å². The average molecular weight is 465 g/mol. The molecule has 1 saturated carbocycles. The Labute approximate surface area is 194 Å². The standard InChI is InChI=1S/C24H24N4O4S/c1-3-32-24(30)17-11-28(13-7-8-13)20-16(21(17)29)10-9-14(22(20)31-2)18-12-33-23-15(18)5-4-6-19(23)26-27-25/h9-13,19H,3-8H2,1-2H3. The summed E-state index contributed by atoms with van der Waals surface area (Å²) >= 11 is 1.61. The minimum atomic E-state index is -0.599. The molecule has 2 aliphatic carbocycles. The monoisotopic (exact) mass is 464 g/mol. The summed E-state index contributed by atoms with van der Waals surface area (Å²) in [6.45, 7) is 1.93. The van der Waals surface area contributed by atoms with Crippen LogP contribution in [0.1, 0.15) is 65.5 Å². The zero-order chi connectivity index (χ0) is 23.1. The van der Waals surface area contributed by atoms with Gasteiger partial charge in [-0.15, -0.1) is 11.3 Å². The Bertz CT molecular complexity index is 1370. The van der Waals surface area contributed by atoms with Crippen molar-refractivity contribution in [3.63, 3.8) is 0 Å². The number of thiophene rings is 1. The first-order chi connectivity index (χ1) is 16.1. The van der Waals surface area contributed by atoms with Crippen LogP contribution >= 0.6 is 11.3 Å². The van der Waals surface area contributed by atoms with E-state index in [1.54, 1.807) is 37.6 Å². The molecular formula is C24H24N4O4S. The van der Waals surface area contributed by atoms with Gasteiger partial charge in [0, 0.05) is 27.6 Å². The van der Waals surface area contributed by atoms with Crippen LogP contribution in [-0.4, -0.2) is 24.3 Å². The van der Waals surface area contributed by atoms with E-state index in [1.807, 2.05) is 10.6 Å². The number of carbonyl (C=O) groups excluding carboxylic acids is 1. The Kier molecular flexibility index (Phi) is 5.60. The highest BCUT2D eigenvalue weighted by molar-refractivity contribution is 7.10. The van der Waals surface area contributed by atoms with Crippen molar-refractivity contribution in [2.45, 2.75) is 51.1 Å². The summed E-state index contributed by atoms with van der Waals surface area (Å²) in [7, 11) is 1.61. The normalized spacial score (nSPS) is 17.3. The van der Waals surface area contributed by atoms with E-state index in [1.165, 1.54) is 5.56 Å². The van der Waals surface area contributed by atoms with Crippen molar-refractivity contribution < 1.29 is 14.3 Å². The molecule has 1 fully saturated rings. The molecular weight excluding hydrogens is 440 g/mol. The van der Waals surface area contributed by atoms with Gasteiger partial charge >= 0.3 is 5.97 Å². The lowest BCUT2D eigenvalue weighted by molar-refractivity contribution is 0.0524. The fourth-order valence-electron chi connectivity index (χ4n) is 4.77. The van der Waals surface area contributed by atoms with E-state index in [4.69, 9.17) is 15.0 Å². The molecule has 0 saturated heterocycles. The van der Waals surface area contributed by atoms with E-state index >= 15 is 0 Å². The van der Waals surface area contributed by atoms with Crippen LogP contribution in [0.4, 0.5) is 0 Å². The van der Waals surface area contributed by atoms with Crippen molar-refractivity contribution >= 4 is 28.2 Å². The number of hydrogen-bond acceptors (Lipinski definition) is 6. The molecule has 33 heavy (non-hydrogen) atoms. The predicted octanol–water partition coefficient (Wildman–Crippen LogP) is 5.94. The molecule has 170 valence electrons. The molecule has 3 aromatic rings. The Morgan fingerprint density at radius 2 is 2.12 bits per heavy atom. The zero-order valence-corrected chi connectivity index (χ0v) is 19.4. The van der Waals surface area contributed by atoms with Crippen LogP contribution in [-0.2, 0) is 11.2 Å². The quantitative estimate of drug-likeness (QED) is 0.195. The molecule has 2 heterocycles. The summed E-state index contributed by atoms with van der Waals surface area (Å²) in [6.07, 6.45) is 6.30. The van der Waals surface area contributed by atoms with E-state index in [-0.39, 0.29) is 29.7 Å². The second-order valence-corrected chi connectivity index (χ2v) is 9.29. The fraction of sp³-hybridized carbons (Fsp3) is 0.417. The molecule has 8 nitrogen and oxygen atoms in total. The molecule has 0 aliphatic heterocycles. The topological polar surface area (TPSA) is 106 Å². The Hall–Kier alpha value is -3.29. The molecule has 0 spiro atoms. The van der Waals surface area contributed by atoms with Crippen molar-refractivity contribution in [2.75, 3.05) is 13.7 Å². The Balaban J connectivity index is 1.75. The van der Waals surface area contributed by atoms with E-state index in [0.717, 1.165) is 48.1 Å². The first kappa shape index (κ1) is 21.6. The number of methoxy groups -OCH3 is 1. The Morgan fingerprint density at radius 3 is 2.82 bits per heavy atom.